The molecule has 0 unspecified atom stereocenters. The van der Waals surface area contributed by atoms with Crippen molar-refractivity contribution < 1.29 is 4.39 Å². The summed E-state index contributed by atoms with van der Waals surface area (Å²) in [5.41, 5.74) is 10.4. The summed E-state index contributed by atoms with van der Waals surface area (Å²) in [7, 11) is 0. The number of fused-ring (bicyclic) bond motifs is 1. The lowest BCUT2D eigenvalue weighted by Crippen LogP contribution is -2.29. The molecule has 1 aliphatic rings. The molecule has 0 radical (unpaired) electrons. The molecule has 4 N–H and O–H groups in total. The van der Waals surface area contributed by atoms with Gasteiger partial charge in [0, 0.05) is 34.6 Å². The number of pyridine rings is 1. The number of hydrogen-bond donors (Lipinski definition) is 3. The molecule has 0 saturated carbocycles. The maximum absolute atomic E-state index is 14.0. The molecule has 5 rings (SSSR count). The largest absolute Gasteiger partial charge is 0.383 e. The lowest BCUT2D eigenvalue weighted by molar-refractivity contribution is 0.352. The quantitative estimate of drug-likeness (QED) is 0.398. The average molecular weight is 451 g/mol. The number of nitrogens with two attached hydrogens (primary N) is 1. The van der Waals surface area contributed by atoms with E-state index in [9.17, 15) is 4.39 Å². The van der Waals surface area contributed by atoms with Crippen LogP contribution in [0.3, 0.4) is 0 Å². The summed E-state index contributed by atoms with van der Waals surface area (Å²) in [5.74, 6) is 0.161. The Kier molecular flexibility index (Phi) is 5.68. The maximum atomic E-state index is 14.0. The normalized spacial score (nSPS) is 14.7. The Labute approximate surface area is 190 Å². The van der Waals surface area contributed by atoms with Gasteiger partial charge in [-0.3, -0.25) is 4.68 Å². The van der Waals surface area contributed by atoms with Crippen molar-refractivity contribution in [1.29, 1.82) is 0 Å². The molecule has 164 valence electrons. The van der Waals surface area contributed by atoms with E-state index in [0.717, 1.165) is 53.8 Å². The standard InChI is InChI=1S/C24H24ClFN6/c25-19-2-1-3-20(26)18(19)14-30-16-6-4-15(5-7-16)23-22-21(10-13-29-24(22)27)32(31-23)17-8-11-28-12-9-17/h1-7,10,13,17,28,30H,8-9,11-12,14H2,(H2,27,29). The van der Waals surface area contributed by atoms with Gasteiger partial charge in [-0.2, -0.15) is 5.10 Å². The van der Waals surface area contributed by atoms with Crippen LogP contribution in [0.5, 0.6) is 0 Å². The van der Waals surface area contributed by atoms with Crippen LogP contribution in [0.1, 0.15) is 24.4 Å². The van der Waals surface area contributed by atoms with Crippen LogP contribution in [0.2, 0.25) is 5.02 Å². The molecule has 1 saturated heterocycles. The number of nitrogens with one attached hydrogen (secondary N) is 2. The van der Waals surface area contributed by atoms with Crippen LogP contribution in [0.15, 0.2) is 54.7 Å². The van der Waals surface area contributed by atoms with Crippen LogP contribution in [-0.2, 0) is 6.54 Å². The number of aromatic nitrogens is 3. The summed E-state index contributed by atoms with van der Waals surface area (Å²) >= 11 is 6.13. The van der Waals surface area contributed by atoms with Crippen molar-refractivity contribution in [2.45, 2.75) is 25.4 Å². The highest BCUT2D eigenvalue weighted by molar-refractivity contribution is 6.31. The van der Waals surface area contributed by atoms with Gasteiger partial charge in [0.15, 0.2) is 0 Å². The van der Waals surface area contributed by atoms with Gasteiger partial charge in [-0.05, 0) is 56.3 Å². The average Bonchev–Trinajstić information content (AvgIpc) is 3.21. The molecule has 32 heavy (non-hydrogen) atoms. The van der Waals surface area contributed by atoms with E-state index >= 15 is 0 Å². The molecule has 8 heteroatoms. The van der Waals surface area contributed by atoms with Crippen LogP contribution in [-0.4, -0.2) is 27.9 Å². The zero-order valence-corrected chi connectivity index (χ0v) is 18.2. The minimum atomic E-state index is -0.320. The predicted molar refractivity (Wildman–Crippen MR) is 127 cm³/mol. The van der Waals surface area contributed by atoms with Gasteiger partial charge in [0.1, 0.15) is 17.3 Å². The fraction of sp³-hybridized carbons (Fsp3) is 0.250. The van der Waals surface area contributed by atoms with Crippen LogP contribution < -0.4 is 16.4 Å². The van der Waals surface area contributed by atoms with Crippen molar-refractivity contribution in [2.24, 2.45) is 0 Å². The highest BCUT2D eigenvalue weighted by atomic mass is 35.5. The number of halogens is 2. The van der Waals surface area contributed by atoms with Crippen LogP contribution in [0, 0.1) is 5.82 Å². The minimum absolute atomic E-state index is 0.301. The molecule has 0 aliphatic carbocycles. The van der Waals surface area contributed by atoms with Gasteiger partial charge >= 0.3 is 0 Å². The van der Waals surface area contributed by atoms with Gasteiger partial charge in [0.25, 0.3) is 0 Å². The topological polar surface area (TPSA) is 80.8 Å². The third kappa shape index (κ3) is 3.89. The molecule has 3 heterocycles. The van der Waals surface area contributed by atoms with Gasteiger partial charge in [-0.15, -0.1) is 0 Å². The zero-order chi connectivity index (χ0) is 22.1. The number of rotatable bonds is 5. The number of benzene rings is 2. The van der Waals surface area contributed by atoms with Crippen LogP contribution >= 0.6 is 11.6 Å². The monoisotopic (exact) mass is 450 g/mol. The molecule has 0 atom stereocenters. The minimum Gasteiger partial charge on any atom is -0.383 e. The second-order valence-corrected chi connectivity index (χ2v) is 8.40. The number of piperidine rings is 1. The molecule has 0 bridgehead atoms. The second-order valence-electron chi connectivity index (χ2n) is 8.00. The van der Waals surface area contributed by atoms with Gasteiger partial charge in [-0.25, -0.2) is 9.37 Å². The second kappa shape index (κ2) is 8.76. The van der Waals surface area contributed by atoms with Crippen molar-refractivity contribution in [2.75, 3.05) is 24.1 Å². The Balaban J connectivity index is 1.44. The van der Waals surface area contributed by atoms with E-state index in [2.05, 4.69) is 20.3 Å². The Morgan fingerprint density at radius 2 is 1.91 bits per heavy atom. The van der Waals surface area contributed by atoms with Crippen LogP contribution in [0.25, 0.3) is 22.2 Å². The van der Waals surface area contributed by atoms with Gasteiger partial charge in [0.2, 0.25) is 0 Å². The molecular weight excluding hydrogens is 427 g/mol. The van der Waals surface area contributed by atoms with Crippen molar-refractivity contribution >= 4 is 34.0 Å². The van der Waals surface area contributed by atoms with Crippen molar-refractivity contribution in [3.8, 4) is 11.3 Å². The van der Waals surface area contributed by atoms with E-state index in [1.807, 2.05) is 30.3 Å². The van der Waals surface area contributed by atoms with Gasteiger partial charge in [0.05, 0.1) is 16.9 Å². The van der Waals surface area contributed by atoms with Crippen LogP contribution in [0.4, 0.5) is 15.9 Å². The van der Waals surface area contributed by atoms with E-state index in [0.29, 0.717) is 29.0 Å². The third-order valence-electron chi connectivity index (χ3n) is 5.99. The molecule has 0 spiro atoms. The Hall–Kier alpha value is -3.16. The van der Waals surface area contributed by atoms with E-state index in [1.165, 1.54) is 6.07 Å². The fourth-order valence-corrected chi connectivity index (χ4v) is 4.51. The first-order chi connectivity index (χ1) is 15.6. The lowest BCUT2D eigenvalue weighted by Gasteiger charge is -2.23. The Bertz CT molecular complexity index is 1230. The molecule has 1 aliphatic heterocycles. The maximum Gasteiger partial charge on any atom is 0.135 e. The Morgan fingerprint density at radius 3 is 2.66 bits per heavy atom. The first-order valence-electron chi connectivity index (χ1n) is 10.7. The number of anilines is 2. The first-order valence-corrected chi connectivity index (χ1v) is 11.1. The van der Waals surface area contributed by atoms with Crippen molar-refractivity contribution in [3.05, 3.63) is 71.1 Å². The third-order valence-corrected chi connectivity index (χ3v) is 6.35. The van der Waals surface area contributed by atoms with Crippen molar-refractivity contribution in [1.82, 2.24) is 20.1 Å². The van der Waals surface area contributed by atoms with E-state index in [4.69, 9.17) is 22.4 Å². The highest BCUT2D eigenvalue weighted by Gasteiger charge is 2.22. The highest BCUT2D eigenvalue weighted by Crippen LogP contribution is 2.35. The molecular formula is C24H24ClFN6. The summed E-state index contributed by atoms with van der Waals surface area (Å²) in [6.07, 6.45) is 3.79. The van der Waals surface area contributed by atoms with Gasteiger partial charge < -0.3 is 16.4 Å². The smallest absolute Gasteiger partial charge is 0.135 e. The zero-order valence-electron chi connectivity index (χ0n) is 17.5. The number of nitrogens with zero attached hydrogens (tertiary/aromatic N) is 3. The molecule has 1 fully saturated rings. The lowest BCUT2D eigenvalue weighted by atomic mass is 10.1. The first kappa shape index (κ1) is 20.7. The fourth-order valence-electron chi connectivity index (χ4n) is 4.28. The molecule has 0 amide bonds. The van der Waals surface area contributed by atoms with Crippen molar-refractivity contribution in [3.63, 3.8) is 0 Å². The molecule has 2 aromatic carbocycles. The Morgan fingerprint density at radius 1 is 1.12 bits per heavy atom. The summed E-state index contributed by atoms with van der Waals surface area (Å²) in [4.78, 5) is 4.30. The SMILES string of the molecule is Nc1nccc2c1c(-c1ccc(NCc3c(F)cccc3Cl)cc1)nn2C1CCNCC1. The molecule has 6 nitrogen and oxygen atoms in total. The molecule has 4 aromatic rings. The van der Waals surface area contributed by atoms with E-state index in [1.54, 1.807) is 18.3 Å². The molecule has 2 aromatic heterocycles. The summed E-state index contributed by atoms with van der Waals surface area (Å²) in [6.45, 7) is 2.26. The summed E-state index contributed by atoms with van der Waals surface area (Å²) < 4.78 is 16.1. The summed E-state index contributed by atoms with van der Waals surface area (Å²) in [6, 6.07) is 14.9. The number of hydrogen-bond acceptors (Lipinski definition) is 5. The summed E-state index contributed by atoms with van der Waals surface area (Å²) in [5, 5.41) is 12.9. The number of nitrogen functional groups attached to an aromatic ring is 1. The van der Waals surface area contributed by atoms with E-state index in [-0.39, 0.29) is 5.82 Å². The van der Waals surface area contributed by atoms with E-state index < -0.39 is 0 Å². The predicted octanol–water partition coefficient (Wildman–Crippen LogP) is 5.01. The van der Waals surface area contributed by atoms with Gasteiger partial charge in [-0.1, -0.05) is 29.8 Å².